The molecule has 114 valence electrons. The Bertz CT molecular complexity index is 548. The highest BCUT2D eigenvalue weighted by Crippen LogP contribution is 2.34. The summed E-state index contributed by atoms with van der Waals surface area (Å²) in [6, 6.07) is 6.05. The molecule has 1 aromatic carbocycles. The van der Waals surface area contributed by atoms with Crippen LogP contribution in [0.15, 0.2) is 24.3 Å². The summed E-state index contributed by atoms with van der Waals surface area (Å²) < 4.78 is 10.6. The SMILES string of the molecule is CNC1(C(=O)OC)CCC(Oc2cccc([N+](=O)[O-])c2)C1. The number of nitrogens with one attached hydrogen (secondary N) is 1. The maximum Gasteiger partial charge on any atom is 0.326 e. The van der Waals surface area contributed by atoms with Crippen molar-refractivity contribution in [2.45, 2.75) is 30.9 Å². The number of carbonyl (C=O) groups is 1. The van der Waals surface area contributed by atoms with Crippen molar-refractivity contribution in [3.8, 4) is 5.75 Å². The largest absolute Gasteiger partial charge is 0.490 e. The molecule has 0 amide bonds. The first-order valence-corrected chi connectivity index (χ1v) is 6.69. The Hall–Kier alpha value is -2.15. The van der Waals surface area contributed by atoms with Gasteiger partial charge in [0.1, 0.15) is 17.4 Å². The molecule has 0 saturated heterocycles. The summed E-state index contributed by atoms with van der Waals surface area (Å²) >= 11 is 0. The molecule has 1 N–H and O–H groups in total. The molecular weight excluding hydrogens is 276 g/mol. The Balaban J connectivity index is 2.07. The van der Waals surface area contributed by atoms with E-state index < -0.39 is 10.5 Å². The minimum atomic E-state index is -0.736. The second kappa shape index (κ2) is 6.09. The van der Waals surface area contributed by atoms with Gasteiger partial charge in [-0.05, 0) is 26.0 Å². The number of rotatable bonds is 5. The summed E-state index contributed by atoms with van der Waals surface area (Å²) in [7, 11) is 3.07. The van der Waals surface area contributed by atoms with Crippen LogP contribution in [0.25, 0.3) is 0 Å². The fourth-order valence-corrected chi connectivity index (χ4v) is 2.67. The fourth-order valence-electron chi connectivity index (χ4n) is 2.67. The van der Waals surface area contributed by atoms with Gasteiger partial charge in [-0.1, -0.05) is 6.07 Å². The van der Waals surface area contributed by atoms with Crippen LogP contribution in [0.2, 0.25) is 0 Å². The zero-order valence-electron chi connectivity index (χ0n) is 12.0. The fraction of sp³-hybridized carbons (Fsp3) is 0.500. The first kappa shape index (κ1) is 15.2. The normalized spacial score (nSPS) is 24.6. The smallest absolute Gasteiger partial charge is 0.326 e. The Kier molecular flexibility index (Phi) is 4.42. The van der Waals surface area contributed by atoms with Crippen molar-refractivity contribution >= 4 is 11.7 Å². The monoisotopic (exact) mass is 294 g/mol. The Labute approximate surface area is 122 Å². The summed E-state index contributed by atoms with van der Waals surface area (Å²) in [6.07, 6.45) is 1.58. The zero-order valence-corrected chi connectivity index (χ0v) is 12.0. The molecule has 2 rings (SSSR count). The van der Waals surface area contributed by atoms with Crippen molar-refractivity contribution in [1.29, 1.82) is 0 Å². The van der Waals surface area contributed by atoms with Gasteiger partial charge < -0.3 is 14.8 Å². The van der Waals surface area contributed by atoms with Crippen molar-refractivity contribution in [3.63, 3.8) is 0 Å². The summed E-state index contributed by atoms with van der Waals surface area (Å²) in [5, 5.41) is 13.8. The standard InChI is InChI=1S/C14H18N2O5/c1-15-14(13(17)20-2)7-6-12(9-14)21-11-5-3-4-10(8-11)16(18)19/h3-5,8,12,15H,6-7,9H2,1-2H3. The topological polar surface area (TPSA) is 90.7 Å². The molecule has 2 unspecified atom stereocenters. The lowest BCUT2D eigenvalue weighted by atomic mass is 9.98. The number of nitrogens with zero attached hydrogens (tertiary/aromatic N) is 1. The van der Waals surface area contributed by atoms with Crippen molar-refractivity contribution in [2.75, 3.05) is 14.2 Å². The van der Waals surface area contributed by atoms with E-state index in [9.17, 15) is 14.9 Å². The van der Waals surface area contributed by atoms with Gasteiger partial charge in [-0.2, -0.15) is 0 Å². The van der Waals surface area contributed by atoms with Crippen LogP contribution in [0.3, 0.4) is 0 Å². The Morgan fingerprint density at radius 1 is 1.52 bits per heavy atom. The Morgan fingerprint density at radius 2 is 2.29 bits per heavy atom. The number of methoxy groups -OCH3 is 1. The van der Waals surface area contributed by atoms with E-state index in [1.54, 1.807) is 19.2 Å². The third kappa shape index (κ3) is 3.13. The molecule has 0 bridgehead atoms. The maximum absolute atomic E-state index is 11.9. The van der Waals surface area contributed by atoms with Crippen LogP contribution in [0.1, 0.15) is 19.3 Å². The van der Waals surface area contributed by atoms with Gasteiger partial charge in [0.05, 0.1) is 18.1 Å². The van der Waals surface area contributed by atoms with Crippen LogP contribution >= 0.6 is 0 Å². The van der Waals surface area contributed by atoms with Gasteiger partial charge in [0.15, 0.2) is 0 Å². The van der Waals surface area contributed by atoms with E-state index in [1.807, 2.05) is 0 Å². The summed E-state index contributed by atoms with van der Waals surface area (Å²) in [5.41, 5.74) is -0.751. The van der Waals surface area contributed by atoms with Crippen LogP contribution < -0.4 is 10.1 Å². The molecule has 0 radical (unpaired) electrons. The first-order chi connectivity index (χ1) is 10.0. The van der Waals surface area contributed by atoms with E-state index in [-0.39, 0.29) is 17.8 Å². The Morgan fingerprint density at radius 3 is 2.90 bits per heavy atom. The summed E-state index contributed by atoms with van der Waals surface area (Å²) in [5.74, 6) is 0.126. The molecular formula is C14H18N2O5. The van der Waals surface area contributed by atoms with Gasteiger partial charge in [-0.25, -0.2) is 0 Å². The van der Waals surface area contributed by atoms with Gasteiger partial charge in [0, 0.05) is 12.5 Å². The molecule has 2 atom stereocenters. The first-order valence-electron chi connectivity index (χ1n) is 6.69. The molecule has 1 aromatic rings. The minimum Gasteiger partial charge on any atom is -0.490 e. The number of nitro benzene ring substituents is 1. The molecule has 0 aromatic heterocycles. The zero-order chi connectivity index (χ0) is 15.5. The number of esters is 1. The molecule has 1 saturated carbocycles. The highest BCUT2D eigenvalue weighted by Gasteiger charge is 2.46. The molecule has 0 spiro atoms. The number of benzene rings is 1. The summed E-state index contributed by atoms with van der Waals surface area (Å²) in [4.78, 5) is 22.2. The lowest BCUT2D eigenvalue weighted by Gasteiger charge is -2.25. The van der Waals surface area contributed by atoms with Crippen LogP contribution in [0.4, 0.5) is 5.69 Å². The average molecular weight is 294 g/mol. The average Bonchev–Trinajstić information content (AvgIpc) is 2.91. The molecule has 7 nitrogen and oxygen atoms in total. The van der Waals surface area contributed by atoms with Gasteiger partial charge in [-0.15, -0.1) is 0 Å². The minimum absolute atomic E-state index is 0.0154. The molecule has 1 aliphatic rings. The number of hydrogen-bond acceptors (Lipinski definition) is 6. The second-order valence-corrected chi connectivity index (χ2v) is 5.06. The number of nitro groups is 1. The number of likely N-dealkylation sites (N-methyl/N-ethyl adjacent to an activating group) is 1. The van der Waals surface area contributed by atoms with Gasteiger partial charge in [0.25, 0.3) is 5.69 Å². The van der Waals surface area contributed by atoms with E-state index in [4.69, 9.17) is 9.47 Å². The van der Waals surface area contributed by atoms with Crippen LogP contribution in [-0.2, 0) is 9.53 Å². The number of ether oxygens (including phenoxy) is 2. The van der Waals surface area contributed by atoms with Crippen molar-refractivity contribution in [1.82, 2.24) is 5.32 Å². The molecule has 21 heavy (non-hydrogen) atoms. The predicted octanol–water partition coefficient (Wildman–Crippen LogP) is 1.66. The van der Waals surface area contributed by atoms with E-state index in [0.717, 1.165) is 0 Å². The second-order valence-electron chi connectivity index (χ2n) is 5.06. The maximum atomic E-state index is 11.9. The predicted molar refractivity (Wildman–Crippen MR) is 75.2 cm³/mol. The van der Waals surface area contributed by atoms with E-state index in [0.29, 0.717) is 25.0 Å². The van der Waals surface area contributed by atoms with Gasteiger partial charge in [0.2, 0.25) is 0 Å². The van der Waals surface area contributed by atoms with E-state index >= 15 is 0 Å². The van der Waals surface area contributed by atoms with Crippen LogP contribution in [0, 0.1) is 10.1 Å². The third-order valence-electron chi connectivity index (χ3n) is 3.86. The molecule has 7 heteroatoms. The lowest BCUT2D eigenvalue weighted by Crippen LogP contribution is -2.49. The van der Waals surface area contributed by atoms with Crippen LogP contribution in [-0.4, -0.2) is 36.7 Å². The van der Waals surface area contributed by atoms with E-state index in [1.165, 1.54) is 19.2 Å². The van der Waals surface area contributed by atoms with Gasteiger partial charge in [-0.3, -0.25) is 14.9 Å². The molecule has 0 heterocycles. The molecule has 1 fully saturated rings. The lowest BCUT2D eigenvalue weighted by molar-refractivity contribution is -0.384. The van der Waals surface area contributed by atoms with Gasteiger partial charge >= 0.3 is 5.97 Å². The quantitative estimate of drug-likeness (QED) is 0.504. The molecule has 0 aliphatic heterocycles. The van der Waals surface area contributed by atoms with Crippen LogP contribution in [0.5, 0.6) is 5.75 Å². The van der Waals surface area contributed by atoms with Crippen molar-refractivity contribution < 1.29 is 19.2 Å². The summed E-state index contributed by atoms with van der Waals surface area (Å²) in [6.45, 7) is 0. The number of non-ortho nitro benzene ring substituents is 1. The molecule has 1 aliphatic carbocycles. The number of carbonyl (C=O) groups excluding carboxylic acids is 1. The number of hydrogen-bond donors (Lipinski definition) is 1. The van der Waals surface area contributed by atoms with E-state index in [2.05, 4.69) is 5.32 Å². The third-order valence-corrected chi connectivity index (χ3v) is 3.86. The highest BCUT2D eigenvalue weighted by molar-refractivity contribution is 5.81. The highest BCUT2D eigenvalue weighted by atomic mass is 16.6. The van der Waals surface area contributed by atoms with Crippen molar-refractivity contribution in [2.24, 2.45) is 0 Å². The van der Waals surface area contributed by atoms with Crippen molar-refractivity contribution in [3.05, 3.63) is 34.4 Å².